The van der Waals surface area contributed by atoms with Crippen LogP contribution >= 0.6 is 12.6 Å². The Hall–Kier alpha value is -1.95. The van der Waals surface area contributed by atoms with Gasteiger partial charge in [-0.3, -0.25) is 4.90 Å². The van der Waals surface area contributed by atoms with E-state index in [4.69, 9.17) is 15.2 Å². The summed E-state index contributed by atoms with van der Waals surface area (Å²) in [7, 11) is 0. The molecular weight excluding hydrogens is 392 g/mol. The second-order valence-electron chi connectivity index (χ2n) is 8.38. The molecule has 0 unspecified atom stereocenters. The Morgan fingerprint density at radius 3 is 2.80 bits per heavy atom. The fraction of sp³-hybridized carbons (Fsp3) is 0.440. The normalized spacial score (nSPS) is 18.3. The van der Waals surface area contributed by atoms with E-state index in [1.165, 1.54) is 22.3 Å². The Bertz CT molecular complexity index is 935. The molecule has 4 rings (SSSR count). The first-order chi connectivity index (χ1) is 14.6. The fourth-order valence-electron chi connectivity index (χ4n) is 4.72. The van der Waals surface area contributed by atoms with Gasteiger partial charge in [0.2, 0.25) is 0 Å². The zero-order valence-corrected chi connectivity index (χ0v) is 18.9. The minimum absolute atomic E-state index is 0.542. The van der Waals surface area contributed by atoms with Crippen molar-refractivity contribution in [2.75, 3.05) is 19.8 Å². The average molecular weight is 425 g/mol. The quantitative estimate of drug-likeness (QED) is 0.689. The first-order valence-corrected chi connectivity index (χ1v) is 11.3. The van der Waals surface area contributed by atoms with Crippen molar-refractivity contribution in [2.45, 2.75) is 52.3 Å². The highest BCUT2D eigenvalue weighted by Gasteiger charge is 2.26. The van der Waals surface area contributed by atoms with Crippen LogP contribution in [0, 0.1) is 13.8 Å². The lowest BCUT2D eigenvalue weighted by Gasteiger charge is -2.38. The number of nitrogens with two attached hydrogens (primary N) is 1. The van der Waals surface area contributed by atoms with E-state index in [2.05, 4.69) is 49.6 Å². The maximum Gasteiger partial charge on any atom is 0.132 e. The van der Waals surface area contributed by atoms with Crippen LogP contribution in [0.15, 0.2) is 35.7 Å². The summed E-state index contributed by atoms with van der Waals surface area (Å²) in [5, 5.41) is 1.62. The molecule has 0 bridgehead atoms. The van der Waals surface area contributed by atoms with Gasteiger partial charge in [-0.1, -0.05) is 24.3 Å². The average Bonchev–Trinajstić information content (AvgIpc) is 2.79. The second kappa shape index (κ2) is 9.46. The van der Waals surface area contributed by atoms with Gasteiger partial charge in [0, 0.05) is 43.6 Å². The van der Waals surface area contributed by atoms with Crippen molar-refractivity contribution in [2.24, 2.45) is 5.73 Å². The maximum atomic E-state index is 6.29. The number of hydrogen-bond acceptors (Lipinski definition) is 5. The number of benzene rings is 2. The van der Waals surface area contributed by atoms with Crippen molar-refractivity contribution in [3.63, 3.8) is 0 Å². The third-order valence-electron chi connectivity index (χ3n) is 6.57. The van der Waals surface area contributed by atoms with E-state index in [0.717, 1.165) is 62.4 Å². The van der Waals surface area contributed by atoms with E-state index in [9.17, 15) is 0 Å². The highest BCUT2D eigenvalue weighted by atomic mass is 32.1. The molecule has 160 valence electrons. The number of hydrogen-bond donors (Lipinski definition) is 2. The van der Waals surface area contributed by atoms with Crippen LogP contribution in [0.3, 0.4) is 0 Å². The first kappa shape index (κ1) is 21.3. The number of para-hydroxylation sites is 1. The van der Waals surface area contributed by atoms with Crippen LogP contribution in [0.25, 0.3) is 5.70 Å². The molecule has 0 saturated carbocycles. The van der Waals surface area contributed by atoms with Gasteiger partial charge >= 0.3 is 0 Å². The molecule has 2 aliphatic rings. The summed E-state index contributed by atoms with van der Waals surface area (Å²) in [6, 6.07) is 11.2. The van der Waals surface area contributed by atoms with Crippen LogP contribution in [-0.4, -0.2) is 30.7 Å². The van der Waals surface area contributed by atoms with Crippen LogP contribution in [0.4, 0.5) is 0 Å². The van der Waals surface area contributed by atoms with Crippen molar-refractivity contribution >= 4 is 18.3 Å². The Morgan fingerprint density at radius 2 is 2.03 bits per heavy atom. The summed E-state index contributed by atoms with van der Waals surface area (Å²) < 4.78 is 11.8. The number of aryl methyl sites for hydroxylation is 1. The van der Waals surface area contributed by atoms with Crippen molar-refractivity contribution in [1.82, 2.24) is 4.90 Å². The summed E-state index contributed by atoms with van der Waals surface area (Å²) >= 11 is 4.21. The summed E-state index contributed by atoms with van der Waals surface area (Å²) in [5.41, 5.74) is 14.3. The molecule has 1 fully saturated rings. The molecule has 0 atom stereocenters. The van der Waals surface area contributed by atoms with E-state index < -0.39 is 0 Å². The van der Waals surface area contributed by atoms with Crippen molar-refractivity contribution in [3.05, 3.63) is 69.1 Å². The minimum Gasteiger partial charge on any atom is -0.488 e. The maximum absolute atomic E-state index is 6.29. The Morgan fingerprint density at radius 1 is 1.23 bits per heavy atom. The molecule has 5 heteroatoms. The molecule has 30 heavy (non-hydrogen) atoms. The molecule has 1 saturated heterocycles. The lowest BCUT2D eigenvalue weighted by molar-refractivity contribution is 0.0290. The Kier molecular flexibility index (Phi) is 6.71. The lowest BCUT2D eigenvalue weighted by atomic mass is 9.90. The van der Waals surface area contributed by atoms with Crippen LogP contribution in [-0.2, 0) is 24.3 Å². The Balaban J connectivity index is 1.50. The van der Waals surface area contributed by atoms with E-state index in [1.54, 1.807) is 5.41 Å². The number of rotatable bonds is 5. The first-order valence-electron chi connectivity index (χ1n) is 10.8. The standard InChI is InChI=1S/C25H32N2O2S/c1-17-4-3-5-23(24(26)16-30)25(17)29-15-20-7-6-19-14-27(11-8-22(19)18(20)2)21-9-12-28-13-10-21/h3-7,16,21,30H,8-15,26H2,1-2H3/b24-16-. The largest absolute Gasteiger partial charge is 0.488 e. The molecule has 0 aliphatic carbocycles. The molecule has 2 aliphatic heterocycles. The van der Waals surface area contributed by atoms with Gasteiger partial charge in [-0.05, 0) is 72.4 Å². The molecule has 0 radical (unpaired) electrons. The summed E-state index contributed by atoms with van der Waals surface area (Å²) in [6.07, 6.45) is 3.42. The minimum atomic E-state index is 0.542. The highest BCUT2D eigenvalue weighted by Crippen LogP contribution is 2.31. The molecular formula is C25H32N2O2S. The van der Waals surface area contributed by atoms with Crippen molar-refractivity contribution in [1.29, 1.82) is 0 Å². The SMILES string of the molecule is Cc1cccc(/C(N)=C/S)c1OCc1ccc2c(c1C)CCN(C1CCOCC1)C2. The monoisotopic (exact) mass is 424 g/mol. The highest BCUT2D eigenvalue weighted by molar-refractivity contribution is 7.83. The van der Waals surface area contributed by atoms with Gasteiger partial charge < -0.3 is 15.2 Å². The van der Waals surface area contributed by atoms with Gasteiger partial charge in [0.15, 0.2) is 0 Å². The fourth-order valence-corrected chi connectivity index (χ4v) is 4.86. The van der Waals surface area contributed by atoms with E-state index in [-0.39, 0.29) is 0 Å². The van der Waals surface area contributed by atoms with E-state index in [1.807, 2.05) is 12.1 Å². The third-order valence-corrected chi connectivity index (χ3v) is 6.85. The van der Waals surface area contributed by atoms with Gasteiger partial charge in [-0.25, -0.2) is 0 Å². The van der Waals surface area contributed by atoms with E-state index >= 15 is 0 Å². The van der Waals surface area contributed by atoms with Gasteiger partial charge in [-0.2, -0.15) is 0 Å². The zero-order chi connectivity index (χ0) is 21.1. The van der Waals surface area contributed by atoms with Crippen LogP contribution in [0.5, 0.6) is 5.75 Å². The number of thiol groups is 1. The van der Waals surface area contributed by atoms with Crippen molar-refractivity contribution in [3.8, 4) is 5.75 Å². The molecule has 2 N–H and O–H groups in total. The van der Waals surface area contributed by atoms with Crippen LogP contribution in [0.2, 0.25) is 0 Å². The predicted molar refractivity (Wildman–Crippen MR) is 126 cm³/mol. The number of nitrogens with zero attached hydrogens (tertiary/aromatic N) is 1. The second-order valence-corrected chi connectivity index (χ2v) is 8.63. The summed E-state index contributed by atoms with van der Waals surface area (Å²) in [5.74, 6) is 0.836. The van der Waals surface area contributed by atoms with Gasteiger partial charge in [0.05, 0.1) is 0 Å². The Labute approximate surface area is 185 Å². The van der Waals surface area contributed by atoms with Crippen LogP contribution < -0.4 is 10.5 Å². The van der Waals surface area contributed by atoms with Crippen LogP contribution in [0.1, 0.15) is 46.2 Å². The van der Waals surface area contributed by atoms with Gasteiger partial charge in [0.1, 0.15) is 12.4 Å². The number of fused-ring (bicyclic) bond motifs is 1. The molecule has 2 heterocycles. The molecule has 2 aromatic rings. The zero-order valence-electron chi connectivity index (χ0n) is 18.0. The topological polar surface area (TPSA) is 47.7 Å². The molecule has 0 amide bonds. The van der Waals surface area contributed by atoms with Crippen molar-refractivity contribution < 1.29 is 9.47 Å². The molecule has 2 aromatic carbocycles. The molecule has 0 spiro atoms. The van der Waals surface area contributed by atoms with Gasteiger partial charge in [-0.15, -0.1) is 12.6 Å². The van der Waals surface area contributed by atoms with E-state index in [0.29, 0.717) is 18.3 Å². The molecule has 4 nitrogen and oxygen atoms in total. The summed E-state index contributed by atoms with van der Waals surface area (Å²) in [4.78, 5) is 2.65. The third kappa shape index (κ3) is 4.39. The number of ether oxygens (including phenoxy) is 2. The van der Waals surface area contributed by atoms with Gasteiger partial charge in [0.25, 0.3) is 0 Å². The smallest absolute Gasteiger partial charge is 0.132 e. The molecule has 0 aromatic heterocycles. The summed E-state index contributed by atoms with van der Waals surface area (Å²) in [6.45, 7) is 8.81. The lowest BCUT2D eigenvalue weighted by Crippen LogP contribution is -2.42. The predicted octanol–water partition coefficient (Wildman–Crippen LogP) is 4.61.